The maximum Gasteiger partial charge on any atom is 0.326 e. The van der Waals surface area contributed by atoms with E-state index in [9.17, 15) is 19.5 Å². The van der Waals surface area contributed by atoms with Gasteiger partial charge in [-0.3, -0.25) is 18.8 Å². The van der Waals surface area contributed by atoms with E-state index in [2.05, 4.69) is 43.4 Å². The van der Waals surface area contributed by atoms with Gasteiger partial charge >= 0.3 is 5.97 Å². The van der Waals surface area contributed by atoms with E-state index in [1.807, 2.05) is 70.1 Å². The molecule has 0 unspecified atom stereocenters. The molecular weight excluding hydrogens is 638 g/mol. The number of nitrogens with zero attached hydrogens (tertiary/aromatic N) is 2. The summed E-state index contributed by atoms with van der Waals surface area (Å²) < 4.78 is 1.82. The Morgan fingerprint density at radius 1 is 0.957 bits per heavy atom. The second-order valence-electron chi connectivity index (χ2n) is 11.5. The number of hydrogen-bond donors (Lipinski definition) is 2. The Bertz CT molecular complexity index is 1660. The van der Waals surface area contributed by atoms with E-state index in [4.69, 9.17) is 11.6 Å². The lowest BCUT2D eigenvalue weighted by molar-refractivity contribution is -0.142. The van der Waals surface area contributed by atoms with E-state index >= 15 is 0 Å². The number of thioether (sulfide) groups is 1. The molecule has 10 heteroatoms. The number of carboxylic acid groups (broad SMARTS) is 1. The van der Waals surface area contributed by atoms with Gasteiger partial charge in [0.25, 0.3) is 0 Å². The maximum atomic E-state index is 13.5. The summed E-state index contributed by atoms with van der Waals surface area (Å²) in [6, 6.07) is 24.7. The standard InChI is InChI=1S/C36H42ClN3O4S2/c1-5-24(2)32(40(25(3)41)46-33-18-10-14-27-13-9-17-30(37)35(27)33)22-39(23-34(42)38-31(36(43)44)19-20-45-4)21-28-15-8-12-26-11-6-7-16-29(26)28/h6-18,24,31-32H,5,19-23H2,1-4H3,(H,38,42)(H,43,44)/t24-,31-,32+/m0/s1. The van der Waals surface area contributed by atoms with Crippen LogP contribution < -0.4 is 5.32 Å². The van der Waals surface area contributed by atoms with Crippen molar-refractivity contribution in [3.63, 3.8) is 0 Å². The molecule has 0 aliphatic heterocycles. The van der Waals surface area contributed by atoms with Crippen molar-refractivity contribution in [1.82, 2.24) is 14.5 Å². The van der Waals surface area contributed by atoms with Crippen molar-refractivity contribution < 1.29 is 19.5 Å². The van der Waals surface area contributed by atoms with Gasteiger partial charge in [0.05, 0.1) is 12.6 Å². The molecule has 0 saturated carbocycles. The zero-order chi connectivity index (χ0) is 33.2. The Morgan fingerprint density at radius 2 is 1.63 bits per heavy atom. The molecule has 4 aromatic rings. The Labute approximate surface area is 285 Å². The fraction of sp³-hybridized carbons (Fsp3) is 0.361. The topological polar surface area (TPSA) is 89.9 Å². The first-order chi connectivity index (χ1) is 22.1. The maximum absolute atomic E-state index is 13.5. The molecule has 0 bridgehead atoms. The first kappa shape index (κ1) is 35.6. The molecule has 7 nitrogen and oxygen atoms in total. The molecule has 3 atom stereocenters. The van der Waals surface area contributed by atoms with Crippen LogP contribution in [-0.2, 0) is 20.9 Å². The van der Waals surface area contributed by atoms with E-state index in [-0.39, 0.29) is 30.3 Å². The second-order valence-corrected chi connectivity index (χ2v) is 13.9. The number of aliphatic carboxylic acids is 1. The van der Waals surface area contributed by atoms with Crippen LogP contribution in [0, 0.1) is 5.92 Å². The molecule has 0 fully saturated rings. The highest BCUT2D eigenvalue weighted by Crippen LogP contribution is 2.37. The number of carboxylic acids is 1. The summed E-state index contributed by atoms with van der Waals surface area (Å²) in [5, 5.41) is 17.2. The van der Waals surface area contributed by atoms with E-state index in [0.717, 1.165) is 38.4 Å². The summed E-state index contributed by atoms with van der Waals surface area (Å²) in [5.74, 6) is -0.797. The van der Waals surface area contributed by atoms with Gasteiger partial charge in [-0.25, -0.2) is 4.79 Å². The van der Waals surface area contributed by atoms with Crippen molar-refractivity contribution >= 4 is 74.6 Å². The van der Waals surface area contributed by atoms with Crippen LogP contribution in [0.3, 0.4) is 0 Å². The number of amides is 2. The lowest BCUT2D eigenvalue weighted by Crippen LogP contribution is -2.50. The van der Waals surface area contributed by atoms with Crippen LogP contribution in [-0.4, -0.2) is 69.3 Å². The molecule has 244 valence electrons. The number of rotatable bonds is 16. The van der Waals surface area contributed by atoms with E-state index < -0.39 is 12.0 Å². The number of carbonyl (C=O) groups is 3. The molecule has 0 aliphatic carbocycles. The third-order valence-corrected chi connectivity index (χ3v) is 10.5. The van der Waals surface area contributed by atoms with Crippen molar-refractivity contribution in [2.45, 2.75) is 57.1 Å². The number of carbonyl (C=O) groups excluding carboxylic acids is 2. The van der Waals surface area contributed by atoms with Gasteiger partial charge in [-0.1, -0.05) is 98.6 Å². The van der Waals surface area contributed by atoms with Crippen molar-refractivity contribution in [2.24, 2.45) is 5.92 Å². The minimum Gasteiger partial charge on any atom is -0.480 e. The summed E-state index contributed by atoms with van der Waals surface area (Å²) in [4.78, 5) is 41.7. The molecule has 0 aliphatic rings. The van der Waals surface area contributed by atoms with Gasteiger partial charge in [0.2, 0.25) is 11.8 Å². The van der Waals surface area contributed by atoms with Crippen LogP contribution in [0.5, 0.6) is 0 Å². The third-order valence-electron chi connectivity index (χ3n) is 8.26. The summed E-state index contributed by atoms with van der Waals surface area (Å²) in [7, 11) is 0. The Hall–Kier alpha value is -3.24. The SMILES string of the molecule is CC[C@H](C)[C@@H](CN(CC(=O)N[C@@H](CCSC)C(=O)O)Cc1cccc2ccccc12)N(Sc1cccc2cccc(Cl)c12)C(C)=O. The van der Waals surface area contributed by atoms with Crippen LogP contribution in [0.4, 0.5) is 0 Å². The van der Waals surface area contributed by atoms with Crippen LogP contribution in [0.1, 0.15) is 39.2 Å². The summed E-state index contributed by atoms with van der Waals surface area (Å²) in [6.45, 7) is 6.62. The quantitative estimate of drug-likeness (QED) is 0.117. The number of nitrogens with one attached hydrogen (secondary N) is 1. The zero-order valence-corrected chi connectivity index (χ0v) is 29.1. The Kier molecular flexibility index (Phi) is 13.2. The predicted molar refractivity (Wildman–Crippen MR) is 192 cm³/mol. The van der Waals surface area contributed by atoms with Gasteiger partial charge in [-0.2, -0.15) is 11.8 Å². The number of fused-ring (bicyclic) bond motifs is 2. The van der Waals surface area contributed by atoms with E-state index in [1.54, 1.807) is 18.7 Å². The highest BCUT2D eigenvalue weighted by molar-refractivity contribution is 7.98. The molecule has 4 rings (SSSR count). The van der Waals surface area contributed by atoms with Crippen molar-refractivity contribution in [3.8, 4) is 0 Å². The van der Waals surface area contributed by atoms with Crippen molar-refractivity contribution in [2.75, 3.05) is 25.1 Å². The number of benzene rings is 4. The molecule has 46 heavy (non-hydrogen) atoms. The van der Waals surface area contributed by atoms with Gasteiger partial charge in [0.1, 0.15) is 6.04 Å². The van der Waals surface area contributed by atoms with Gasteiger partial charge < -0.3 is 10.4 Å². The fourth-order valence-electron chi connectivity index (χ4n) is 5.62. The smallest absolute Gasteiger partial charge is 0.326 e. The Morgan fingerprint density at radius 3 is 2.33 bits per heavy atom. The molecule has 4 aromatic carbocycles. The average Bonchev–Trinajstić information content (AvgIpc) is 3.04. The second kappa shape index (κ2) is 17.1. The van der Waals surface area contributed by atoms with Gasteiger partial charge in [0, 0.05) is 35.3 Å². The normalized spacial score (nSPS) is 13.4. The molecule has 0 spiro atoms. The van der Waals surface area contributed by atoms with Crippen LogP contribution in [0.2, 0.25) is 5.02 Å². The van der Waals surface area contributed by atoms with Crippen molar-refractivity contribution in [1.29, 1.82) is 0 Å². The zero-order valence-electron chi connectivity index (χ0n) is 26.7. The Balaban J connectivity index is 1.69. The van der Waals surface area contributed by atoms with Gasteiger partial charge in [0.15, 0.2) is 0 Å². The van der Waals surface area contributed by atoms with E-state index in [0.29, 0.717) is 30.3 Å². The van der Waals surface area contributed by atoms with Crippen LogP contribution in [0.15, 0.2) is 83.8 Å². The first-order valence-corrected chi connectivity index (χ1v) is 18.0. The molecule has 0 saturated heterocycles. The molecular formula is C36H42ClN3O4S2. The lowest BCUT2D eigenvalue weighted by atomic mass is 9.97. The molecule has 2 amide bonds. The fourth-order valence-corrected chi connectivity index (χ4v) is 7.64. The summed E-state index contributed by atoms with van der Waals surface area (Å²) >= 11 is 9.57. The monoisotopic (exact) mass is 679 g/mol. The van der Waals surface area contributed by atoms with E-state index in [1.165, 1.54) is 11.9 Å². The molecule has 0 radical (unpaired) electrons. The van der Waals surface area contributed by atoms with Crippen LogP contribution >= 0.6 is 35.3 Å². The average molecular weight is 680 g/mol. The summed E-state index contributed by atoms with van der Waals surface area (Å²) in [5.41, 5.74) is 1.05. The van der Waals surface area contributed by atoms with Gasteiger partial charge in [-0.05, 0) is 70.2 Å². The number of halogens is 1. The lowest BCUT2D eigenvalue weighted by Gasteiger charge is -2.37. The largest absolute Gasteiger partial charge is 0.480 e. The molecule has 0 heterocycles. The van der Waals surface area contributed by atoms with Gasteiger partial charge in [-0.15, -0.1) is 0 Å². The van der Waals surface area contributed by atoms with Crippen molar-refractivity contribution in [3.05, 3.63) is 89.4 Å². The first-order valence-electron chi connectivity index (χ1n) is 15.5. The predicted octanol–water partition coefficient (Wildman–Crippen LogP) is 7.74. The minimum atomic E-state index is -1.05. The summed E-state index contributed by atoms with van der Waals surface area (Å²) in [6.07, 6.45) is 3.06. The number of hydrogen-bond acceptors (Lipinski definition) is 6. The molecule has 0 aromatic heterocycles. The molecule has 2 N–H and O–H groups in total. The third kappa shape index (κ3) is 9.18. The highest BCUT2D eigenvalue weighted by atomic mass is 35.5. The minimum absolute atomic E-state index is 0.0181. The highest BCUT2D eigenvalue weighted by Gasteiger charge is 2.31. The van der Waals surface area contributed by atoms with Crippen LogP contribution in [0.25, 0.3) is 21.5 Å².